The molecule has 0 spiro atoms. The number of amides is 1. The highest BCUT2D eigenvalue weighted by Crippen LogP contribution is 2.14. The lowest BCUT2D eigenvalue weighted by molar-refractivity contribution is -0.117. The number of aryl methyl sites for hydroxylation is 1. The molecule has 8 heteroatoms. The van der Waals surface area contributed by atoms with Gasteiger partial charge in [-0.1, -0.05) is 6.07 Å². The lowest BCUT2D eigenvalue weighted by atomic mass is 10.1. The van der Waals surface area contributed by atoms with E-state index in [2.05, 4.69) is 10.0 Å². The van der Waals surface area contributed by atoms with Gasteiger partial charge >= 0.3 is 0 Å². The van der Waals surface area contributed by atoms with Gasteiger partial charge in [0.05, 0.1) is 12.8 Å². The van der Waals surface area contributed by atoms with Crippen LogP contribution in [0, 0.1) is 12.7 Å². The number of rotatable bonds is 5. The van der Waals surface area contributed by atoms with Gasteiger partial charge in [-0.3, -0.25) is 9.69 Å². The predicted octanol–water partition coefficient (Wildman–Crippen LogP) is 1.09. The highest BCUT2D eigenvalue weighted by molar-refractivity contribution is 7.88. The van der Waals surface area contributed by atoms with E-state index in [0.29, 0.717) is 37.2 Å². The van der Waals surface area contributed by atoms with Gasteiger partial charge in [0.15, 0.2) is 0 Å². The van der Waals surface area contributed by atoms with E-state index >= 15 is 0 Å². The number of hydrogen-bond acceptors (Lipinski definition) is 4. The second-order valence-electron chi connectivity index (χ2n) is 5.95. The topological polar surface area (TPSA) is 78.5 Å². The number of nitrogens with one attached hydrogen (secondary N) is 2. The van der Waals surface area contributed by atoms with Gasteiger partial charge < -0.3 is 5.32 Å². The Balaban J connectivity index is 1.79. The molecular formula is C15H22FN3O3S. The van der Waals surface area contributed by atoms with Crippen LogP contribution in [0.5, 0.6) is 0 Å². The second-order valence-corrected chi connectivity index (χ2v) is 7.73. The molecule has 1 heterocycles. The van der Waals surface area contributed by atoms with Crippen molar-refractivity contribution in [2.24, 2.45) is 0 Å². The van der Waals surface area contributed by atoms with Crippen LogP contribution >= 0.6 is 0 Å². The quantitative estimate of drug-likeness (QED) is 0.839. The standard InChI is InChI=1S/C15H22FN3O3S/c1-11-3-4-13(9-14(11)16)17-15(20)10-19-7-5-12(6-8-19)18-23(2,21)22/h3-4,9,12,18H,5-8,10H2,1-2H3,(H,17,20). The zero-order valence-electron chi connectivity index (χ0n) is 13.3. The Kier molecular flexibility index (Phi) is 5.72. The summed E-state index contributed by atoms with van der Waals surface area (Å²) in [6.07, 6.45) is 2.48. The van der Waals surface area contributed by atoms with Crippen LogP contribution in [0.1, 0.15) is 18.4 Å². The van der Waals surface area contributed by atoms with E-state index in [1.165, 1.54) is 6.07 Å². The fourth-order valence-electron chi connectivity index (χ4n) is 2.59. The maximum atomic E-state index is 13.4. The van der Waals surface area contributed by atoms with Gasteiger partial charge in [0.1, 0.15) is 5.82 Å². The molecule has 1 aliphatic heterocycles. The number of benzene rings is 1. The Morgan fingerprint density at radius 1 is 1.35 bits per heavy atom. The molecule has 1 fully saturated rings. The smallest absolute Gasteiger partial charge is 0.238 e. The van der Waals surface area contributed by atoms with Crippen LogP contribution in [-0.4, -0.2) is 51.2 Å². The Bertz CT molecular complexity index is 671. The van der Waals surface area contributed by atoms with Crippen LogP contribution in [0.15, 0.2) is 18.2 Å². The molecule has 1 aliphatic rings. The fraction of sp³-hybridized carbons (Fsp3) is 0.533. The van der Waals surface area contributed by atoms with Crippen molar-refractivity contribution in [3.05, 3.63) is 29.6 Å². The van der Waals surface area contributed by atoms with Crippen LogP contribution < -0.4 is 10.0 Å². The van der Waals surface area contributed by atoms with Crippen molar-refractivity contribution in [2.45, 2.75) is 25.8 Å². The van der Waals surface area contributed by atoms with Gasteiger partial charge in [-0.05, 0) is 37.5 Å². The van der Waals surface area contributed by atoms with Gasteiger partial charge in [-0.2, -0.15) is 0 Å². The third-order valence-electron chi connectivity index (χ3n) is 3.79. The zero-order chi connectivity index (χ0) is 17.0. The number of carbonyl (C=O) groups excluding carboxylic acids is 1. The Morgan fingerprint density at radius 2 is 2.00 bits per heavy atom. The van der Waals surface area contributed by atoms with E-state index in [-0.39, 0.29) is 24.3 Å². The van der Waals surface area contributed by atoms with Crippen molar-refractivity contribution in [1.29, 1.82) is 0 Å². The number of halogens is 1. The first-order valence-electron chi connectivity index (χ1n) is 7.48. The SMILES string of the molecule is Cc1ccc(NC(=O)CN2CCC(NS(C)(=O)=O)CC2)cc1F. The summed E-state index contributed by atoms with van der Waals surface area (Å²) in [6, 6.07) is 4.51. The Hall–Kier alpha value is -1.51. The van der Waals surface area contributed by atoms with E-state index in [0.717, 1.165) is 6.26 Å². The molecule has 6 nitrogen and oxygen atoms in total. The molecule has 1 aromatic carbocycles. The highest BCUT2D eigenvalue weighted by Gasteiger charge is 2.22. The number of sulfonamides is 1. The van der Waals surface area contributed by atoms with Crippen LogP contribution in [0.2, 0.25) is 0 Å². The fourth-order valence-corrected chi connectivity index (χ4v) is 3.43. The summed E-state index contributed by atoms with van der Waals surface area (Å²) in [5, 5.41) is 2.67. The largest absolute Gasteiger partial charge is 0.325 e. The number of anilines is 1. The lowest BCUT2D eigenvalue weighted by Crippen LogP contribution is -2.46. The molecule has 0 aliphatic carbocycles. The Morgan fingerprint density at radius 3 is 2.57 bits per heavy atom. The predicted molar refractivity (Wildman–Crippen MR) is 87.2 cm³/mol. The van der Waals surface area contributed by atoms with E-state index < -0.39 is 10.0 Å². The summed E-state index contributed by atoms with van der Waals surface area (Å²) in [6.45, 7) is 3.16. The minimum atomic E-state index is -3.20. The average molecular weight is 343 g/mol. The molecule has 0 unspecified atom stereocenters. The first-order chi connectivity index (χ1) is 10.7. The number of likely N-dealkylation sites (tertiary alicyclic amines) is 1. The number of hydrogen-bond donors (Lipinski definition) is 2. The number of nitrogens with zero attached hydrogens (tertiary/aromatic N) is 1. The zero-order valence-corrected chi connectivity index (χ0v) is 14.1. The van der Waals surface area contributed by atoms with Crippen LogP contribution in [-0.2, 0) is 14.8 Å². The Labute approximate surface area is 136 Å². The van der Waals surface area contributed by atoms with E-state index in [1.807, 2.05) is 4.90 Å². The maximum absolute atomic E-state index is 13.4. The second kappa shape index (κ2) is 7.37. The molecule has 23 heavy (non-hydrogen) atoms. The van der Waals surface area contributed by atoms with Crippen molar-refractivity contribution in [1.82, 2.24) is 9.62 Å². The molecule has 0 bridgehead atoms. The summed E-state index contributed by atoms with van der Waals surface area (Å²) >= 11 is 0. The normalized spacial score (nSPS) is 17.2. The average Bonchev–Trinajstić information content (AvgIpc) is 2.43. The third kappa shape index (κ3) is 5.89. The molecule has 2 rings (SSSR count). The first kappa shape index (κ1) is 17.8. The van der Waals surface area contributed by atoms with E-state index in [9.17, 15) is 17.6 Å². The van der Waals surface area contributed by atoms with Gasteiger partial charge in [-0.15, -0.1) is 0 Å². The van der Waals surface area contributed by atoms with E-state index in [4.69, 9.17) is 0 Å². The lowest BCUT2D eigenvalue weighted by Gasteiger charge is -2.31. The number of carbonyl (C=O) groups is 1. The molecule has 0 aromatic heterocycles. The van der Waals surface area contributed by atoms with Gasteiger partial charge in [0.2, 0.25) is 15.9 Å². The van der Waals surface area contributed by atoms with E-state index in [1.54, 1.807) is 19.1 Å². The molecule has 1 amide bonds. The minimum absolute atomic E-state index is 0.0736. The number of piperidine rings is 1. The van der Waals surface area contributed by atoms with Crippen molar-refractivity contribution in [2.75, 3.05) is 31.2 Å². The molecule has 1 saturated heterocycles. The highest BCUT2D eigenvalue weighted by atomic mass is 32.2. The van der Waals surface area contributed by atoms with Crippen LogP contribution in [0.25, 0.3) is 0 Å². The van der Waals surface area contributed by atoms with Crippen LogP contribution in [0.3, 0.4) is 0 Å². The van der Waals surface area contributed by atoms with Crippen molar-refractivity contribution >= 4 is 21.6 Å². The summed E-state index contributed by atoms with van der Waals surface area (Å²) in [5.74, 6) is -0.557. The molecule has 1 aromatic rings. The third-order valence-corrected chi connectivity index (χ3v) is 4.55. The summed E-state index contributed by atoms with van der Waals surface area (Å²) in [7, 11) is -3.20. The monoisotopic (exact) mass is 343 g/mol. The van der Waals surface area contributed by atoms with Crippen LogP contribution in [0.4, 0.5) is 10.1 Å². The summed E-state index contributed by atoms with van der Waals surface area (Å²) in [5.41, 5.74) is 0.968. The van der Waals surface area contributed by atoms with Gasteiger partial charge in [-0.25, -0.2) is 17.5 Å². The first-order valence-corrected chi connectivity index (χ1v) is 9.38. The summed E-state index contributed by atoms with van der Waals surface area (Å²) in [4.78, 5) is 14.0. The van der Waals surface area contributed by atoms with Crippen molar-refractivity contribution in [3.63, 3.8) is 0 Å². The maximum Gasteiger partial charge on any atom is 0.238 e. The minimum Gasteiger partial charge on any atom is -0.325 e. The molecule has 0 radical (unpaired) electrons. The molecule has 0 saturated carbocycles. The molecule has 2 N–H and O–H groups in total. The van der Waals surface area contributed by atoms with Gasteiger partial charge in [0, 0.05) is 24.8 Å². The van der Waals surface area contributed by atoms with Crippen molar-refractivity contribution in [3.8, 4) is 0 Å². The molecular weight excluding hydrogens is 321 g/mol. The van der Waals surface area contributed by atoms with Gasteiger partial charge in [0.25, 0.3) is 0 Å². The molecule has 128 valence electrons. The summed E-state index contributed by atoms with van der Waals surface area (Å²) < 4.78 is 38.4. The molecule has 0 atom stereocenters. The van der Waals surface area contributed by atoms with Crippen molar-refractivity contribution < 1.29 is 17.6 Å².